The van der Waals surface area contributed by atoms with E-state index < -0.39 is 4.92 Å². The van der Waals surface area contributed by atoms with E-state index in [4.69, 9.17) is 9.26 Å². The van der Waals surface area contributed by atoms with Crippen LogP contribution in [0, 0.1) is 10.1 Å². The van der Waals surface area contributed by atoms with Crippen LogP contribution in [0.3, 0.4) is 0 Å². The molecule has 2 aliphatic rings. The van der Waals surface area contributed by atoms with E-state index in [1.807, 2.05) is 0 Å². The van der Waals surface area contributed by atoms with Gasteiger partial charge >= 0.3 is 0 Å². The molecule has 0 spiro atoms. The number of hydrogen-bond donors (Lipinski definition) is 0. The average molecular weight is 421 g/mol. The summed E-state index contributed by atoms with van der Waals surface area (Å²) in [7, 11) is 0. The Labute approximate surface area is 179 Å². The van der Waals surface area contributed by atoms with Gasteiger partial charge in [-0.2, -0.15) is 4.98 Å². The van der Waals surface area contributed by atoms with Gasteiger partial charge in [-0.25, -0.2) is 0 Å². The largest absolute Gasteiger partial charge is 0.493 e. The van der Waals surface area contributed by atoms with Crippen LogP contribution in [0.1, 0.15) is 17.0 Å². The van der Waals surface area contributed by atoms with E-state index >= 15 is 0 Å². The molecule has 0 N–H and O–H groups in total. The first kappa shape index (κ1) is 19.7. The van der Waals surface area contributed by atoms with Gasteiger partial charge < -0.3 is 9.26 Å². The molecule has 2 aliphatic heterocycles. The van der Waals surface area contributed by atoms with Crippen LogP contribution in [0.4, 0.5) is 5.69 Å². The van der Waals surface area contributed by atoms with Gasteiger partial charge in [-0.1, -0.05) is 29.4 Å². The van der Waals surface area contributed by atoms with Crippen molar-refractivity contribution in [2.45, 2.75) is 19.5 Å². The van der Waals surface area contributed by atoms with E-state index in [1.54, 1.807) is 12.1 Å². The van der Waals surface area contributed by atoms with E-state index in [0.717, 1.165) is 51.5 Å². The Kier molecular flexibility index (Phi) is 5.35. The van der Waals surface area contributed by atoms with Crippen LogP contribution in [0.2, 0.25) is 0 Å². The Hall–Kier alpha value is -3.30. The molecule has 3 aromatic rings. The summed E-state index contributed by atoms with van der Waals surface area (Å²) in [5.74, 6) is 1.92. The highest BCUT2D eigenvalue weighted by atomic mass is 16.6. The monoisotopic (exact) mass is 421 g/mol. The summed E-state index contributed by atoms with van der Waals surface area (Å²) in [6.07, 6.45) is 0.999. The molecule has 0 aliphatic carbocycles. The lowest BCUT2D eigenvalue weighted by molar-refractivity contribution is -0.384. The zero-order valence-corrected chi connectivity index (χ0v) is 17.1. The number of piperazine rings is 1. The second-order valence-corrected chi connectivity index (χ2v) is 7.91. The fraction of sp³-hybridized carbons (Fsp3) is 0.364. The van der Waals surface area contributed by atoms with Crippen LogP contribution >= 0.6 is 0 Å². The third kappa shape index (κ3) is 4.42. The fourth-order valence-electron chi connectivity index (χ4n) is 4.09. The van der Waals surface area contributed by atoms with Crippen molar-refractivity contribution in [1.82, 2.24) is 19.9 Å². The van der Waals surface area contributed by atoms with E-state index in [1.165, 1.54) is 23.3 Å². The molecule has 3 heterocycles. The van der Waals surface area contributed by atoms with Crippen molar-refractivity contribution in [3.05, 3.63) is 69.6 Å². The minimum Gasteiger partial charge on any atom is -0.493 e. The molecule has 0 atom stereocenters. The Morgan fingerprint density at radius 1 is 1.03 bits per heavy atom. The van der Waals surface area contributed by atoms with Crippen LogP contribution in [0.15, 0.2) is 47.0 Å². The summed E-state index contributed by atoms with van der Waals surface area (Å²) in [4.78, 5) is 19.7. The highest BCUT2D eigenvalue weighted by molar-refractivity contribution is 5.58. The fourth-order valence-corrected chi connectivity index (χ4v) is 4.09. The second-order valence-electron chi connectivity index (χ2n) is 7.91. The number of fused-ring (bicyclic) bond motifs is 1. The Morgan fingerprint density at radius 2 is 1.84 bits per heavy atom. The predicted molar refractivity (Wildman–Crippen MR) is 113 cm³/mol. The van der Waals surface area contributed by atoms with Gasteiger partial charge in [0.2, 0.25) is 11.7 Å². The van der Waals surface area contributed by atoms with Crippen molar-refractivity contribution in [2.24, 2.45) is 0 Å². The first-order valence-corrected chi connectivity index (χ1v) is 10.4. The lowest BCUT2D eigenvalue weighted by Gasteiger charge is -2.34. The number of non-ortho nitro benzene ring substituents is 1. The number of nitro benzene ring substituents is 1. The summed E-state index contributed by atoms with van der Waals surface area (Å²) in [5, 5.41) is 15.0. The van der Waals surface area contributed by atoms with Crippen LogP contribution in [0.5, 0.6) is 5.75 Å². The highest BCUT2D eigenvalue weighted by Crippen LogP contribution is 2.26. The molecule has 0 bridgehead atoms. The number of nitrogens with zero attached hydrogens (tertiary/aromatic N) is 5. The summed E-state index contributed by atoms with van der Waals surface area (Å²) in [6, 6.07) is 12.8. The van der Waals surface area contributed by atoms with Crippen molar-refractivity contribution in [3.63, 3.8) is 0 Å². The summed E-state index contributed by atoms with van der Waals surface area (Å²) in [5.41, 5.74) is 3.23. The zero-order valence-electron chi connectivity index (χ0n) is 17.1. The lowest BCUT2D eigenvalue weighted by Crippen LogP contribution is -2.45. The summed E-state index contributed by atoms with van der Waals surface area (Å²) < 4.78 is 11.0. The maximum absolute atomic E-state index is 11.0. The van der Waals surface area contributed by atoms with Gasteiger partial charge in [-0.15, -0.1) is 0 Å². The normalized spacial score (nSPS) is 16.8. The molecule has 160 valence electrons. The third-order valence-electron chi connectivity index (χ3n) is 5.77. The molecule has 31 heavy (non-hydrogen) atoms. The molecule has 5 rings (SSSR count). The van der Waals surface area contributed by atoms with Gasteiger partial charge in [-0.05, 0) is 17.2 Å². The van der Waals surface area contributed by atoms with Gasteiger partial charge in [0.15, 0.2) is 0 Å². The maximum atomic E-state index is 11.0. The molecule has 0 amide bonds. The van der Waals surface area contributed by atoms with E-state index in [0.29, 0.717) is 23.8 Å². The van der Waals surface area contributed by atoms with Gasteiger partial charge in [-0.3, -0.25) is 19.9 Å². The number of ether oxygens (including phenoxy) is 1. The number of nitro groups is 1. The first-order valence-electron chi connectivity index (χ1n) is 10.4. The topological polar surface area (TPSA) is 97.8 Å². The lowest BCUT2D eigenvalue weighted by atomic mass is 10.1. The average Bonchev–Trinajstić information content (AvgIpc) is 3.44. The van der Waals surface area contributed by atoms with Crippen LogP contribution in [-0.2, 0) is 19.5 Å². The second kappa shape index (κ2) is 8.44. The van der Waals surface area contributed by atoms with E-state index in [2.05, 4.69) is 38.1 Å². The Bertz CT molecular complexity index is 1090. The number of rotatable bonds is 6. The van der Waals surface area contributed by atoms with Crippen molar-refractivity contribution in [2.75, 3.05) is 32.8 Å². The maximum Gasteiger partial charge on any atom is 0.270 e. The first-order chi connectivity index (χ1) is 15.1. The third-order valence-corrected chi connectivity index (χ3v) is 5.77. The minimum absolute atomic E-state index is 0.0101. The molecule has 9 nitrogen and oxygen atoms in total. The molecule has 9 heteroatoms. The van der Waals surface area contributed by atoms with Crippen molar-refractivity contribution in [1.29, 1.82) is 0 Å². The van der Waals surface area contributed by atoms with Crippen molar-refractivity contribution >= 4 is 5.69 Å². The summed E-state index contributed by atoms with van der Waals surface area (Å²) >= 11 is 0. The zero-order chi connectivity index (χ0) is 21.2. The molecule has 1 saturated heterocycles. The highest BCUT2D eigenvalue weighted by Gasteiger charge is 2.21. The molecule has 0 saturated carbocycles. The Balaban J connectivity index is 1.15. The molecule has 0 unspecified atom stereocenters. The van der Waals surface area contributed by atoms with E-state index in [-0.39, 0.29) is 5.69 Å². The van der Waals surface area contributed by atoms with Gasteiger partial charge in [0.25, 0.3) is 5.69 Å². The van der Waals surface area contributed by atoms with Gasteiger partial charge in [0.1, 0.15) is 5.75 Å². The van der Waals surface area contributed by atoms with Gasteiger partial charge in [0.05, 0.1) is 18.1 Å². The molecule has 1 fully saturated rings. The van der Waals surface area contributed by atoms with Crippen LogP contribution in [0.25, 0.3) is 11.4 Å². The smallest absolute Gasteiger partial charge is 0.270 e. The summed E-state index contributed by atoms with van der Waals surface area (Å²) in [6.45, 7) is 6.09. The standard InChI is InChI=1S/C22H23N5O4/c28-27(29)19-3-1-2-18(13-19)22-23-21(31-24-22)15-26-9-7-25(8-10-26)14-16-4-5-20-17(12-16)6-11-30-20/h1-5,12-13H,6-11,14-15H2. The quantitative estimate of drug-likeness (QED) is 0.443. The molecular weight excluding hydrogens is 398 g/mol. The van der Waals surface area contributed by atoms with Crippen molar-refractivity contribution < 1.29 is 14.2 Å². The minimum atomic E-state index is -0.430. The molecule has 2 aromatic carbocycles. The van der Waals surface area contributed by atoms with Crippen molar-refractivity contribution in [3.8, 4) is 17.1 Å². The SMILES string of the molecule is O=[N+]([O-])c1cccc(-c2noc(CN3CCN(Cc4ccc5c(c4)CCO5)CC3)n2)c1. The number of hydrogen-bond acceptors (Lipinski definition) is 8. The number of benzene rings is 2. The predicted octanol–water partition coefficient (Wildman–Crippen LogP) is 2.90. The van der Waals surface area contributed by atoms with Crippen LogP contribution in [-0.4, -0.2) is 57.6 Å². The van der Waals surface area contributed by atoms with E-state index in [9.17, 15) is 10.1 Å². The van der Waals surface area contributed by atoms with Crippen LogP contribution < -0.4 is 4.74 Å². The Morgan fingerprint density at radius 3 is 2.65 bits per heavy atom. The molecule has 1 aromatic heterocycles. The molecular formula is C22H23N5O4. The molecule has 0 radical (unpaired) electrons. The van der Waals surface area contributed by atoms with Gasteiger partial charge in [0, 0.05) is 56.8 Å². The number of aromatic nitrogens is 2.